The molecular formula is C15H18O3. The number of ether oxygens (including phenoxy) is 2. The van der Waals surface area contributed by atoms with E-state index in [1.54, 1.807) is 0 Å². The van der Waals surface area contributed by atoms with Crippen LogP contribution < -0.4 is 9.47 Å². The molecule has 4 rings (SSSR count). The minimum absolute atomic E-state index is 0.286. The Bertz CT molecular complexity index is 487. The second-order valence-corrected chi connectivity index (χ2v) is 6.26. The number of aliphatic hydroxyl groups is 1. The van der Waals surface area contributed by atoms with E-state index in [9.17, 15) is 5.11 Å². The van der Waals surface area contributed by atoms with E-state index in [2.05, 4.69) is 0 Å². The zero-order chi connectivity index (χ0) is 12.2. The van der Waals surface area contributed by atoms with Gasteiger partial charge in [0.15, 0.2) is 11.5 Å². The number of fused-ring (bicyclic) bond motifs is 1. The Balaban J connectivity index is 1.57. The highest BCUT2D eigenvalue weighted by Crippen LogP contribution is 2.49. The van der Waals surface area contributed by atoms with Crippen molar-refractivity contribution in [2.75, 3.05) is 13.2 Å². The Morgan fingerprint density at radius 3 is 2.39 bits per heavy atom. The summed E-state index contributed by atoms with van der Waals surface area (Å²) in [5.41, 5.74) is 0.981. The fourth-order valence-electron chi connectivity index (χ4n) is 2.56. The van der Waals surface area contributed by atoms with E-state index in [4.69, 9.17) is 9.47 Å². The molecule has 0 saturated heterocycles. The summed E-state index contributed by atoms with van der Waals surface area (Å²) >= 11 is 0. The van der Waals surface area contributed by atoms with Gasteiger partial charge in [-0.25, -0.2) is 0 Å². The molecule has 3 aliphatic rings. The van der Waals surface area contributed by atoms with Crippen LogP contribution in [0, 0.1) is 5.41 Å². The van der Waals surface area contributed by atoms with Crippen LogP contribution in [0.25, 0.3) is 0 Å². The van der Waals surface area contributed by atoms with Crippen LogP contribution in [-0.2, 0) is 6.42 Å². The van der Waals surface area contributed by atoms with E-state index in [-0.39, 0.29) is 5.41 Å². The van der Waals surface area contributed by atoms with Gasteiger partial charge in [-0.05, 0) is 43.4 Å². The Morgan fingerprint density at radius 1 is 1.00 bits per heavy atom. The molecule has 2 fully saturated rings. The SMILES string of the molecule is OC1(Cc2ccc3c(c2)OCC2(CC2)CO3)CC1. The van der Waals surface area contributed by atoms with Crippen LogP contribution in [0.15, 0.2) is 18.2 Å². The molecule has 96 valence electrons. The van der Waals surface area contributed by atoms with Crippen molar-refractivity contribution in [3.05, 3.63) is 23.8 Å². The summed E-state index contributed by atoms with van der Waals surface area (Å²) in [6.45, 7) is 1.55. The summed E-state index contributed by atoms with van der Waals surface area (Å²) in [5.74, 6) is 1.70. The maximum Gasteiger partial charge on any atom is 0.161 e. The van der Waals surface area contributed by atoms with Crippen molar-refractivity contribution < 1.29 is 14.6 Å². The molecule has 1 spiro atoms. The number of hydrogen-bond acceptors (Lipinski definition) is 3. The summed E-state index contributed by atoms with van der Waals surface area (Å²) in [5, 5.41) is 9.96. The minimum atomic E-state index is -0.447. The Hall–Kier alpha value is -1.22. The molecule has 3 nitrogen and oxygen atoms in total. The fraction of sp³-hybridized carbons (Fsp3) is 0.600. The van der Waals surface area contributed by atoms with Crippen molar-refractivity contribution in [2.24, 2.45) is 5.41 Å². The first-order valence-electron chi connectivity index (χ1n) is 6.78. The third-order valence-electron chi connectivity index (χ3n) is 4.39. The summed E-state index contributed by atoms with van der Waals surface area (Å²) in [6, 6.07) is 6.06. The van der Waals surface area contributed by atoms with Crippen molar-refractivity contribution in [3.8, 4) is 11.5 Å². The lowest BCUT2D eigenvalue weighted by Gasteiger charge is -2.11. The molecule has 0 radical (unpaired) electrons. The van der Waals surface area contributed by atoms with Gasteiger partial charge in [-0.2, -0.15) is 0 Å². The molecule has 2 aliphatic carbocycles. The van der Waals surface area contributed by atoms with Crippen LogP contribution in [0.4, 0.5) is 0 Å². The van der Waals surface area contributed by atoms with Crippen molar-refractivity contribution in [1.82, 2.24) is 0 Å². The van der Waals surface area contributed by atoms with Gasteiger partial charge in [0.05, 0.1) is 18.8 Å². The lowest BCUT2D eigenvalue weighted by Crippen LogP contribution is -2.17. The molecule has 0 aromatic heterocycles. The van der Waals surface area contributed by atoms with Crippen molar-refractivity contribution in [3.63, 3.8) is 0 Å². The average molecular weight is 246 g/mol. The Kier molecular flexibility index (Phi) is 2.03. The van der Waals surface area contributed by atoms with Crippen molar-refractivity contribution in [2.45, 2.75) is 37.7 Å². The molecule has 0 atom stereocenters. The number of benzene rings is 1. The predicted octanol–water partition coefficient (Wildman–Crippen LogP) is 2.31. The topological polar surface area (TPSA) is 38.7 Å². The highest BCUT2D eigenvalue weighted by molar-refractivity contribution is 5.44. The minimum Gasteiger partial charge on any atom is -0.489 e. The van der Waals surface area contributed by atoms with E-state index >= 15 is 0 Å². The van der Waals surface area contributed by atoms with Crippen LogP contribution in [0.5, 0.6) is 11.5 Å². The van der Waals surface area contributed by atoms with E-state index in [1.807, 2.05) is 18.2 Å². The number of hydrogen-bond donors (Lipinski definition) is 1. The van der Waals surface area contributed by atoms with Gasteiger partial charge in [-0.3, -0.25) is 0 Å². The lowest BCUT2D eigenvalue weighted by atomic mass is 10.1. The molecule has 1 N–H and O–H groups in total. The maximum atomic E-state index is 9.96. The highest BCUT2D eigenvalue weighted by Gasteiger charge is 2.46. The van der Waals surface area contributed by atoms with Gasteiger partial charge < -0.3 is 14.6 Å². The molecule has 2 saturated carbocycles. The average Bonchev–Trinajstić information content (AvgIpc) is 3.25. The first-order valence-corrected chi connectivity index (χ1v) is 6.78. The van der Waals surface area contributed by atoms with Crippen LogP contribution in [-0.4, -0.2) is 23.9 Å². The molecule has 0 bridgehead atoms. The molecule has 1 heterocycles. The molecule has 0 amide bonds. The van der Waals surface area contributed by atoms with Gasteiger partial charge in [-0.15, -0.1) is 0 Å². The summed E-state index contributed by atoms with van der Waals surface area (Å²) in [4.78, 5) is 0. The Labute approximate surface area is 107 Å². The third-order valence-corrected chi connectivity index (χ3v) is 4.39. The van der Waals surface area contributed by atoms with E-state index in [0.717, 1.165) is 49.5 Å². The molecule has 1 aliphatic heterocycles. The predicted molar refractivity (Wildman–Crippen MR) is 67.0 cm³/mol. The molecule has 1 aromatic rings. The van der Waals surface area contributed by atoms with Crippen molar-refractivity contribution in [1.29, 1.82) is 0 Å². The van der Waals surface area contributed by atoms with Crippen LogP contribution >= 0.6 is 0 Å². The Morgan fingerprint density at radius 2 is 1.72 bits per heavy atom. The quantitative estimate of drug-likeness (QED) is 0.870. The standard InChI is InChI=1S/C15H18O3/c16-15(5-6-15)8-11-1-2-12-13(7-11)18-10-14(3-4-14)9-17-12/h1-2,7,16H,3-6,8-10H2. The number of rotatable bonds is 2. The highest BCUT2D eigenvalue weighted by atomic mass is 16.5. The van der Waals surface area contributed by atoms with Crippen LogP contribution in [0.1, 0.15) is 31.2 Å². The van der Waals surface area contributed by atoms with Gasteiger partial charge in [0, 0.05) is 11.8 Å². The van der Waals surface area contributed by atoms with Gasteiger partial charge in [0.2, 0.25) is 0 Å². The van der Waals surface area contributed by atoms with E-state index in [0.29, 0.717) is 0 Å². The third kappa shape index (κ3) is 1.87. The maximum absolute atomic E-state index is 9.96. The largest absolute Gasteiger partial charge is 0.489 e. The second-order valence-electron chi connectivity index (χ2n) is 6.26. The van der Waals surface area contributed by atoms with Gasteiger partial charge in [0.25, 0.3) is 0 Å². The lowest BCUT2D eigenvalue weighted by molar-refractivity contribution is 0.151. The first-order chi connectivity index (χ1) is 8.67. The van der Waals surface area contributed by atoms with Crippen LogP contribution in [0.3, 0.4) is 0 Å². The smallest absolute Gasteiger partial charge is 0.161 e. The molecule has 3 heteroatoms. The van der Waals surface area contributed by atoms with Gasteiger partial charge in [-0.1, -0.05) is 6.07 Å². The summed E-state index contributed by atoms with van der Waals surface area (Å²) in [7, 11) is 0. The first kappa shape index (κ1) is 10.7. The van der Waals surface area contributed by atoms with E-state index < -0.39 is 5.60 Å². The molecular weight excluding hydrogens is 228 g/mol. The van der Waals surface area contributed by atoms with Crippen LogP contribution in [0.2, 0.25) is 0 Å². The molecule has 1 aromatic carbocycles. The molecule has 18 heavy (non-hydrogen) atoms. The second kappa shape index (κ2) is 3.41. The summed E-state index contributed by atoms with van der Waals surface area (Å²) < 4.78 is 11.7. The zero-order valence-electron chi connectivity index (χ0n) is 10.4. The zero-order valence-corrected chi connectivity index (χ0v) is 10.4. The van der Waals surface area contributed by atoms with Crippen molar-refractivity contribution >= 4 is 0 Å². The van der Waals surface area contributed by atoms with Gasteiger partial charge >= 0.3 is 0 Å². The monoisotopic (exact) mass is 246 g/mol. The fourth-order valence-corrected chi connectivity index (χ4v) is 2.56. The molecule has 0 unspecified atom stereocenters. The van der Waals surface area contributed by atoms with Gasteiger partial charge in [0.1, 0.15) is 0 Å². The summed E-state index contributed by atoms with van der Waals surface area (Å²) in [6.07, 6.45) is 5.01. The normalized spacial score (nSPS) is 25.6. The van der Waals surface area contributed by atoms with E-state index in [1.165, 1.54) is 12.8 Å².